The molecule has 0 unspecified atom stereocenters. The summed E-state index contributed by atoms with van der Waals surface area (Å²) in [6.07, 6.45) is 5.11. The lowest BCUT2D eigenvalue weighted by atomic mass is 9.96. The zero-order chi connectivity index (χ0) is 15.4. The molecule has 3 rings (SSSR count). The quantitative estimate of drug-likeness (QED) is 0.942. The largest absolute Gasteiger partial charge is 0.481 e. The SMILES string of the molecule is O=C(O)C1CCN(Cc2cccc(-c3ccncc3)c2)CC1. The van der Waals surface area contributed by atoms with Crippen LogP contribution < -0.4 is 0 Å². The minimum Gasteiger partial charge on any atom is -0.481 e. The van der Waals surface area contributed by atoms with Crippen molar-refractivity contribution in [3.8, 4) is 11.1 Å². The molecule has 0 spiro atoms. The normalized spacial score (nSPS) is 16.5. The summed E-state index contributed by atoms with van der Waals surface area (Å²) in [6.45, 7) is 2.60. The first-order chi connectivity index (χ1) is 10.7. The molecule has 1 aliphatic rings. The van der Waals surface area contributed by atoms with E-state index < -0.39 is 5.97 Å². The van der Waals surface area contributed by atoms with Gasteiger partial charge in [0.1, 0.15) is 0 Å². The monoisotopic (exact) mass is 296 g/mol. The Hall–Kier alpha value is -2.20. The number of aromatic nitrogens is 1. The van der Waals surface area contributed by atoms with E-state index in [9.17, 15) is 4.79 Å². The van der Waals surface area contributed by atoms with Gasteiger partial charge in [-0.05, 0) is 60.8 Å². The summed E-state index contributed by atoms with van der Waals surface area (Å²) < 4.78 is 0. The Morgan fingerprint density at radius 1 is 1.14 bits per heavy atom. The lowest BCUT2D eigenvalue weighted by Gasteiger charge is -2.30. The van der Waals surface area contributed by atoms with Gasteiger partial charge in [-0.2, -0.15) is 0 Å². The van der Waals surface area contributed by atoms with Crippen molar-refractivity contribution in [1.29, 1.82) is 0 Å². The number of likely N-dealkylation sites (tertiary alicyclic amines) is 1. The summed E-state index contributed by atoms with van der Waals surface area (Å²) >= 11 is 0. The Morgan fingerprint density at radius 3 is 2.55 bits per heavy atom. The van der Waals surface area contributed by atoms with E-state index in [1.807, 2.05) is 12.1 Å². The molecule has 1 N–H and O–H groups in total. The molecule has 4 nitrogen and oxygen atoms in total. The van der Waals surface area contributed by atoms with E-state index in [4.69, 9.17) is 5.11 Å². The second-order valence-electron chi connectivity index (χ2n) is 5.82. The summed E-state index contributed by atoms with van der Waals surface area (Å²) in [5, 5.41) is 9.05. The molecular weight excluding hydrogens is 276 g/mol. The summed E-state index contributed by atoms with van der Waals surface area (Å²) in [5.41, 5.74) is 3.63. The molecule has 1 saturated heterocycles. The van der Waals surface area contributed by atoms with Gasteiger partial charge in [0.05, 0.1) is 5.92 Å². The van der Waals surface area contributed by atoms with Crippen molar-refractivity contribution in [2.75, 3.05) is 13.1 Å². The van der Waals surface area contributed by atoms with E-state index in [0.29, 0.717) is 0 Å². The highest BCUT2D eigenvalue weighted by Gasteiger charge is 2.24. The zero-order valence-corrected chi connectivity index (χ0v) is 12.5. The minimum atomic E-state index is -0.653. The molecule has 2 aromatic rings. The number of benzene rings is 1. The fraction of sp³-hybridized carbons (Fsp3) is 0.333. The molecule has 1 aromatic carbocycles. The van der Waals surface area contributed by atoms with Gasteiger partial charge in [0.25, 0.3) is 0 Å². The number of rotatable bonds is 4. The number of aliphatic carboxylic acids is 1. The maximum atomic E-state index is 11.0. The summed E-state index contributed by atoms with van der Waals surface area (Å²) in [7, 11) is 0. The number of pyridine rings is 1. The first-order valence-corrected chi connectivity index (χ1v) is 7.67. The summed E-state index contributed by atoms with van der Waals surface area (Å²) in [4.78, 5) is 17.4. The van der Waals surface area contributed by atoms with Gasteiger partial charge in [-0.1, -0.05) is 18.2 Å². The highest BCUT2D eigenvalue weighted by molar-refractivity contribution is 5.70. The lowest BCUT2D eigenvalue weighted by Crippen LogP contribution is -2.35. The van der Waals surface area contributed by atoms with Gasteiger partial charge in [0.2, 0.25) is 0 Å². The highest BCUT2D eigenvalue weighted by atomic mass is 16.4. The standard InChI is InChI=1S/C18H20N2O2/c21-18(22)16-6-10-20(11-7-16)13-14-2-1-3-17(12-14)15-4-8-19-9-5-15/h1-5,8-9,12,16H,6-7,10-11,13H2,(H,21,22). The van der Waals surface area contributed by atoms with E-state index in [1.54, 1.807) is 12.4 Å². The van der Waals surface area contributed by atoms with Gasteiger partial charge in [0, 0.05) is 18.9 Å². The van der Waals surface area contributed by atoms with Crippen molar-refractivity contribution in [2.45, 2.75) is 19.4 Å². The Kier molecular flexibility index (Phi) is 4.49. The van der Waals surface area contributed by atoms with Gasteiger partial charge in [-0.15, -0.1) is 0 Å². The van der Waals surface area contributed by atoms with Crippen molar-refractivity contribution >= 4 is 5.97 Å². The van der Waals surface area contributed by atoms with E-state index in [2.05, 4.69) is 34.1 Å². The molecule has 4 heteroatoms. The van der Waals surface area contributed by atoms with Crippen LogP contribution in [0.1, 0.15) is 18.4 Å². The van der Waals surface area contributed by atoms with Crippen LogP contribution in [0.2, 0.25) is 0 Å². The first-order valence-electron chi connectivity index (χ1n) is 7.67. The Labute approximate surface area is 130 Å². The van der Waals surface area contributed by atoms with E-state index in [-0.39, 0.29) is 5.92 Å². The van der Waals surface area contributed by atoms with Gasteiger partial charge in [0.15, 0.2) is 0 Å². The number of hydrogen-bond acceptors (Lipinski definition) is 3. The van der Waals surface area contributed by atoms with E-state index in [0.717, 1.165) is 32.5 Å². The smallest absolute Gasteiger partial charge is 0.306 e. The Balaban J connectivity index is 1.66. The zero-order valence-electron chi connectivity index (χ0n) is 12.5. The molecule has 2 heterocycles. The predicted molar refractivity (Wildman–Crippen MR) is 85.3 cm³/mol. The molecule has 1 aliphatic heterocycles. The molecule has 1 aromatic heterocycles. The Bertz CT molecular complexity index is 635. The van der Waals surface area contributed by atoms with Crippen LogP contribution >= 0.6 is 0 Å². The average Bonchev–Trinajstić information content (AvgIpc) is 2.56. The summed E-state index contributed by atoms with van der Waals surface area (Å²) in [6, 6.07) is 12.5. The fourth-order valence-electron chi connectivity index (χ4n) is 2.99. The van der Waals surface area contributed by atoms with E-state index >= 15 is 0 Å². The van der Waals surface area contributed by atoms with Crippen LogP contribution in [0.4, 0.5) is 0 Å². The van der Waals surface area contributed by atoms with Gasteiger partial charge in [-0.3, -0.25) is 14.7 Å². The molecule has 0 radical (unpaired) electrons. The minimum absolute atomic E-state index is 0.167. The third kappa shape index (κ3) is 3.52. The summed E-state index contributed by atoms with van der Waals surface area (Å²) in [5.74, 6) is -0.821. The third-order valence-corrected chi connectivity index (χ3v) is 4.28. The van der Waals surface area contributed by atoms with Crippen LogP contribution in [-0.2, 0) is 11.3 Å². The van der Waals surface area contributed by atoms with Crippen molar-refractivity contribution in [2.24, 2.45) is 5.92 Å². The second-order valence-corrected chi connectivity index (χ2v) is 5.82. The van der Waals surface area contributed by atoms with Crippen molar-refractivity contribution in [3.63, 3.8) is 0 Å². The van der Waals surface area contributed by atoms with Gasteiger partial charge >= 0.3 is 5.97 Å². The van der Waals surface area contributed by atoms with Crippen LogP contribution in [-0.4, -0.2) is 34.0 Å². The van der Waals surface area contributed by atoms with Crippen LogP contribution in [0.3, 0.4) is 0 Å². The number of piperidine rings is 1. The van der Waals surface area contributed by atoms with E-state index in [1.165, 1.54) is 16.7 Å². The fourth-order valence-corrected chi connectivity index (χ4v) is 2.99. The van der Waals surface area contributed by atoms with Gasteiger partial charge in [-0.25, -0.2) is 0 Å². The van der Waals surface area contributed by atoms with Crippen LogP contribution in [0.5, 0.6) is 0 Å². The Morgan fingerprint density at radius 2 is 1.86 bits per heavy atom. The molecule has 114 valence electrons. The number of carbonyl (C=O) groups is 1. The molecule has 0 saturated carbocycles. The van der Waals surface area contributed by atoms with Crippen LogP contribution in [0, 0.1) is 5.92 Å². The highest BCUT2D eigenvalue weighted by Crippen LogP contribution is 2.22. The van der Waals surface area contributed by atoms with Crippen LogP contribution in [0.15, 0.2) is 48.8 Å². The third-order valence-electron chi connectivity index (χ3n) is 4.28. The molecular formula is C18H20N2O2. The van der Waals surface area contributed by atoms with Crippen LogP contribution in [0.25, 0.3) is 11.1 Å². The molecule has 0 aliphatic carbocycles. The molecule has 22 heavy (non-hydrogen) atoms. The first kappa shape index (κ1) is 14.7. The second kappa shape index (κ2) is 6.71. The lowest BCUT2D eigenvalue weighted by molar-refractivity contribution is -0.143. The van der Waals surface area contributed by atoms with Crippen molar-refractivity contribution in [1.82, 2.24) is 9.88 Å². The number of carboxylic acids is 1. The van der Waals surface area contributed by atoms with Crippen molar-refractivity contribution in [3.05, 3.63) is 54.4 Å². The maximum Gasteiger partial charge on any atom is 0.306 e. The molecule has 0 bridgehead atoms. The number of nitrogens with zero attached hydrogens (tertiary/aromatic N) is 2. The predicted octanol–water partition coefficient (Wildman–Crippen LogP) is 3.05. The van der Waals surface area contributed by atoms with Gasteiger partial charge < -0.3 is 5.11 Å². The molecule has 0 amide bonds. The van der Waals surface area contributed by atoms with Crippen molar-refractivity contribution < 1.29 is 9.90 Å². The topological polar surface area (TPSA) is 53.4 Å². The average molecular weight is 296 g/mol. The molecule has 0 atom stereocenters. The number of hydrogen-bond donors (Lipinski definition) is 1. The molecule has 1 fully saturated rings. The maximum absolute atomic E-state index is 11.0. The number of carboxylic acid groups (broad SMARTS) is 1.